The van der Waals surface area contributed by atoms with E-state index in [2.05, 4.69) is 26.0 Å². The predicted octanol–water partition coefficient (Wildman–Crippen LogP) is 2.77. The Balaban J connectivity index is 1.76. The minimum Gasteiger partial charge on any atom is -0.355 e. The average molecular weight is 391 g/mol. The van der Waals surface area contributed by atoms with E-state index in [4.69, 9.17) is 5.73 Å². The Morgan fingerprint density at radius 1 is 1.11 bits per heavy atom. The number of para-hydroxylation sites is 1. The van der Waals surface area contributed by atoms with Crippen molar-refractivity contribution in [3.63, 3.8) is 0 Å². The second-order valence-electron chi connectivity index (χ2n) is 5.75. The second kappa shape index (κ2) is 7.94. The Kier molecular flexibility index (Phi) is 5.43. The Labute approximate surface area is 157 Å². The van der Waals surface area contributed by atoms with Crippen LogP contribution in [-0.4, -0.2) is 32.8 Å². The number of hydrogen-bond donors (Lipinski definition) is 3. The number of urea groups is 1. The van der Waals surface area contributed by atoms with E-state index in [0.717, 1.165) is 12.1 Å². The van der Waals surface area contributed by atoms with Crippen LogP contribution in [0.1, 0.15) is 5.56 Å². The van der Waals surface area contributed by atoms with Gasteiger partial charge in [-0.15, -0.1) is 10.2 Å². The van der Waals surface area contributed by atoms with Crippen molar-refractivity contribution in [1.29, 1.82) is 0 Å². The van der Waals surface area contributed by atoms with Gasteiger partial charge in [-0.1, -0.05) is 12.1 Å². The molecule has 0 aliphatic rings. The molecule has 1 heterocycles. The molecule has 0 spiro atoms. The predicted molar refractivity (Wildman–Crippen MR) is 95.6 cm³/mol. The highest BCUT2D eigenvalue weighted by atomic mass is 19.4. The first kappa shape index (κ1) is 19.1. The van der Waals surface area contributed by atoms with Gasteiger partial charge < -0.3 is 16.4 Å². The first-order valence-electron chi connectivity index (χ1n) is 8.18. The number of hydrogen-bond acceptors (Lipinski definition) is 5. The maximum Gasteiger partial charge on any atom is 0.416 e. The molecule has 146 valence electrons. The number of anilines is 2. The van der Waals surface area contributed by atoms with E-state index in [0.29, 0.717) is 22.8 Å². The van der Waals surface area contributed by atoms with Gasteiger partial charge in [0.25, 0.3) is 0 Å². The summed E-state index contributed by atoms with van der Waals surface area (Å²) >= 11 is 0. The van der Waals surface area contributed by atoms with Crippen molar-refractivity contribution in [3.05, 3.63) is 54.1 Å². The number of nitrogens with zero attached hydrogens (tertiary/aromatic N) is 4. The maximum atomic E-state index is 12.7. The molecule has 2 aromatic carbocycles. The maximum absolute atomic E-state index is 12.7. The second-order valence-corrected chi connectivity index (χ2v) is 5.75. The van der Waals surface area contributed by atoms with E-state index >= 15 is 0 Å². The molecule has 8 nitrogen and oxygen atoms in total. The highest BCUT2D eigenvalue weighted by molar-refractivity contribution is 5.77. The van der Waals surface area contributed by atoms with Crippen LogP contribution in [0.2, 0.25) is 0 Å². The number of amides is 2. The van der Waals surface area contributed by atoms with Gasteiger partial charge in [-0.2, -0.15) is 18.0 Å². The largest absolute Gasteiger partial charge is 0.416 e. The van der Waals surface area contributed by atoms with Gasteiger partial charge in [0, 0.05) is 23.5 Å². The van der Waals surface area contributed by atoms with E-state index in [1.165, 1.54) is 16.9 Å². The highest BCUT2D eigenvalue weighted by Crippen LogP contribution is 2.32. The Hall–Kier alpha value is -3.63. The number of aromatic nitrogens is 4. The lowest BCUT2D eigenvalue weighted by atomic mass is 10.1. The molecule has 1 aromatic heterocycles. The number of alkyl halides is 3. The van der Waals surface area contributed by atoms with Gasteiger partial charge in [-0.25, -0.2) is 4.79 Å². The van der Waals surface area contributed by atoms with Gasteiger partial charge >= 0.3 is 12.2 Å². The summed E-state index contributed by atoms with van der Waals surface area (Å²) in [5, 5.41) is 17.6. The van der Waals surface area contributed by atoms with Crippen LogP contribution in [0.15, 0.2) is 48.5 Å². The summed E-state index contributed by atoms with van der Waals surface area (Å²) in [6.07, 6.45) is -4.39. The molecular weight excluding hydrogens is 375 g/mol. The summed E-state index contributed by atoms with van der Waals surface area (Å²) in [6.45, 7) is 0.529. The summed E-state index contributed by atoms with van der Waals surface area (Å²) in [7, 11) is 0. The molecule has 0 atom stereocenters. The molecule has 3 aromatic rings. The van der Waals surface area contributed by atoms with Crippen molar-refractivity contribution in [1.82, 2.24) is 25.5 Å². The molecule has 0 unspecified atom stereocenters. The Morgan fingerprint density at radius 3 is 2.50 bits per heavy atom. The van der Waals surface area contributed by atoms with E-state index in [-0.39, 0.29) is 13.1 Å². The molecule has 0 aliphatic carbocycles. The van der Waals surface area contributed by atoms with E-state index < -0.39 is 17.8 Å². The van der Waals surface area contributed by atoms with Crippen LogP contribution >= 0.6 is 0 Å². The monoisotopic (exact) mass is 391 g/mol. The fourth-order valence-electron chi connectivity index (χ4n) is 2.41. The number of nitrogens with one attached hydrogen (secondary N) is 2. The van der Waals surface area contributed by atoms with Crippen LogP contribution in [0, 0.1) is 0 Å². The molecule has 0 bridgehead atoms. The number of halogens is 3. The van der Waals surface area contributed by atoms with Crippen LogP contribution in [0.3, 0.4) is 0 Å². The quantitative estimate of drug-likeness (QED) is 0.598. The first-order chi connectivity index (χ1) is 13.3. The molecule has 0 saturated carbocycles. The minimum atomic E-state index is -4.39. The number of carbonyl (C=O) groups is 1. The summed E-state index contributed by atoms with van der Waals surface area (Å²) in [4.78, 5) is 12.0. The Bertz CT molecular complexity index is 954. The lowest BCUT2D eigenvalue weighted by Gasteiger charge is -2.11. The molecule has 11 heteroatoms. The van der Waals surface area contributed by atoms with Crippen LogP contribution in [0.5, 0.6) is 0 Å². The van der Waals surface area contributed by atoms with Crippen LogP contribution in [0.25, 0.3) is 11.4 Å². The molecule has 2 amide bonds. The normalized spacial score (nSPS) is 11.2. The number of nitrogens with two attached hydrogens (primary N) is 1. The minimum absolute atomic E-state index is 0.247. The van der Waals surface area contributed by atoms with Crippen LogP contribution in [-0.2, 0) is 12.7 Å². The van der Waals surface area contributed by atoms with Gasteiger partial charge in [0.2, 0.25) is 5.82 Å². The van der Waals surface area contributed by atoms with Crippen LogP contribution in [0.4, 0.5) is 29.3 Å². The SMILES string of the molecule is NC(=O)NCCn1nnc(-c2ccccc2Nc2ccc(C(F)(F)F)cc2)n1. The molecule has 0 aliphatic heterocycles. The van der Waals surface area contributed by atoms with Crippen LogP contribution < -0.4 is 16.4 Å². The molecule has 0 saturated heterocycles. The third kappa shape index (κ3) is 4.75. The molecule has 0 fully saturated rings. The zero-order valence-corrected chi connectivity index (χ0v) is 14.4. The van der Waals surface area contributed by atoms with Crippen molar-refractivity contribution >= 4 is 17.4 Å². The smallest absolute Gasteiger partial charge is 0.355 e. The van der Waals surface area contributed by atoms with Crippen molar-refractivity contribution in [2.45, 2.75) is 12.7 Å². The fraction of sp³-hybridized carbons (Fsp3) is 0.176. The zero-order chi connectivity index (χ0) is 20.1. The summed E-state index contributed by atoms with van der Waals surface area (Å²) in [5.41, 5.74) is 5.99. The van der Waals surface area contributed by atoms with E-state index in [1.807, 2.05) is 0 Å². The standard InChI is InChI=1S/C17H16F3N7O/c18-17(19,20)11-5-7-12(8-6-11)23-14-4-2-1-3-13(14)15-24-26-27(25-15)10-9-22-16(21)28/h1-8,23H,9-10H2,(H3,21,22,28). The lowest BCUT2D eigenvalue weighted by Crippen LogP contribution is -2.32. The molecule has 4 N–H and O–H groups in total. The highest BCUT2D eigenvalue weighted by Gasteiger charge is 2.29. The zero-order valence-electron chi connectivity index (χ0n) is 14.4. The molecule has 28 heavy (non-hydrogen) atoms. The van der Waals surface area contributed by atoms with E-state index in [9.17, 15) is 18.0 Å². The average Bonchev–Trinajstić information content (AvgIpc) is 3.10. The van der Waals surface area contributed by atoms with E-state index in [1.54, 1.807) is 24.3 Å². The summed E-state index contributed by atoms with van der Waals surface area (Å²) in [6, 6.07) is 11.1. The third-order valence-corrected chi connectivity index (χ3v) is 3.72. The molecule has 3 rings (SSSR count). The third-order valence-electron chi connectivity index (χ3n) is 3.72. The van der Waals surface area contributed by atoms with Crippen molar-refractivity contribution in [2.24, 2.45) is 5.73 Å². The van der Waals surface area contributed by atoms with Gasteiger partial charge in [0.1, 0.15) is 0 Å². The van der Waals surface area contributed by atoms with Crippen molar-refractivity contribution < 1.29 is 18.0 Å². The van der Waals surface area contributed by atoms with Crippen molar-refractivity contribution in [3.8, 4) is 11.4 Å². The number of benzene rings is 2. The fourth-order valence-corrected chi connectivity index (χ4v) is 2.41. The summed E-state index contributed by atoms with van der Waals surface area (Å²) < 4.78 is 38.1. The summed E-state index contributed by atoms with van der Waals surface area (Å²) in [5.74, 6) is 0.328. The first-order valence-corrected chi connectivity index (χ1v) is 8.18. The van der Waals surface area contributed by atoms with Gasteiger partial charge in [0.05, 0.1) is 12.1 Å². The number of rotatable bonds is 6. The number of primary amides is 1. The topological polar surface area (TPSA) is 111 Å². The van der Waals surface area contributed by atoms with Gasteiger partial charge in [0.15, 0.2) is 0 Å². The van der Waals surface area contributed by atoms with Crippen molar-refractivity contribution in [2.75, 3.05) is 11.9 Å². The van der Waals surface area contributed by atoms with Gasteiger partial charge in [-0.05, 0) is 41.6 Å². The molecule has 0 radical (unpaired) electrons. The molecular formula is C17H16F3N7O. The lowest BCUT2D eigenvalue weighted by molar-refractivity contribution is -0.137. The number of tetrazole rings is 1. The Morgan fingerprint density at radius 2 is 1.82 bits per heavy atom. The van der Waals surface area contributed by atoms with Gasteiger partial charge in [-0.3, -0.25) is 0 Å². The number of carbonyl (C=O) groups excluding carboxylic acids is 1.